The lowest BCUT2D eigenvalue weighted by atomic mass is 10.1. The van der Waals surface area contributed by atoms with Crippen molar-refractivity contribution in [2.75, 3.05) is 12.9 Å². The van der Waals surface area contributed by atoms with Gasteiger partial charge in [0.25, 0.3) is 5.91 Å². The van der Waals surface area contributed by atoms with Crippen molar-refractivity contribution in [3.05, 3.63) is 93.5 Å². The smallest absolute Gasteiger partial charge is 0.276 e. The van der Waals surface area contributed by atoms with Gasteiger partial charge in [0, 0.05) is 16.5 Å². The molecule has 9 heteroatoms. The summed E-state index contributed by atoms with van der Waals surface area (Å²) in [5, 5.41) is 12.0. The fraction of sp³-hybridized carbons (Fsp3) is 0.323. The van der Waals surface area contributed by atoms with Crippen LogP contribution in [0.15, 0.2) is 76.8 Å². The normalized spacial score (nSPS) is 15.9. The first-order valence-corrected chi connectivity index (χ1v) is 15.0. The first kappa shape index (κ1) is 28.1. The van der Waals surface area contributed by atoms with Crippen LogP contribution in [0, 0.1) is 0 Å². The number of hydrazone groups is 1. The zero-order chi connectivity index (χ0) is 27.9. The predicted molar refractivity (Wildman–Crippen MR) is 161 cm³/mol. The van der Waals surface area contributed by atoms with E-state index in [1.54, 1.807) is 23.9 Å². The molecule has 208 valence electrons. The van der Waals surface area contributed by atoms with Gasteiger partial charge < -0.3 is 9.47 Å². The molecule has 1 unspecified atom stereocenters. The molecule has 0 saturated heterocycles. The Kier molecular flexibility index (Phi) is 9.29. The largest absolute Gasteiger partial charge is 0.493 e. The number of amidine groups is 1. The molecule has 0 aliphatic carbocycles. The summed E-state index contributed by atoms with van der Waals surface area (Å²) in [4.78, 5) is 18.4. The van der Waals surface area contributed by atoms with E-state index in [1.165, 1.54) is 25.7 Å². The van der Waals surface area contributed by atoms with Crippen molar-refractivity contribution >= 4 is 40.1 Å². The monoisotopic (exact) mass is 576 g/mol. The molecule has 2 aliphatic rings. The van der Waals surface area contributed by atoms with Crippen LogP contribution in [0.25, 0.3) is 5.70 Å². The molecule has 5 rings (SSSR count). The number of carbonyl (C=O) groups is 1. The SMILES string of the molecule is CCCCCCCSC1=NN2C(=c3ccccc3=NC2c2cc(Cl)c(OCc3ccccc3)c(OC)c2)C(=O)N1. The number of carbonyl (C=O) groups excluding carboxylic acids is 1. The van der Waals surface area contributed by atoms with Gasteiger partial charge in [-0.05, 0) is 30.2 Å². The number of para-hydroxylation sites is 1. The molecule has 0 saturated carbocycles. The number of hydrogen-bond acceptors (Lipinski definition) is 7. The topological polar surface area (TPSA) is 75.5 Å². The van der Waals surface area contributed by atoms with Gasteiger partial charge in [-0.15, -0.1) is 5.10 Å². The van der Waals surface area contributed by atoms with Crippen LogP contribution in [0.3, 0.4) is 0 Å². The lowest BCUT2D eigenvalue weighted by Crippen LogP contribution is -2.50. The zero-order valence-electron chi connectivity index (χ0n) is 22.7. The molecular weight excluding hydrogens is 544 g/mol. The Balaban J connectivity index is 1.46. The number of thioether (sulfide) groups is 1. The van der Waals surface area contributed by atoms with Crippen molar-refractivity contribution in [3.63, 3.8) is 0 Å². The van der Waals surface area contributed by atoms with Gasteiger partial charge in [0.05, 0.1) is 17.5 Å². The standard InChI is InChI=1S/C31H33ClN4O3S/c1-3-4-5-6-12-17-40-31-34-30(37)27-23-15-10-11-16-25(23)33-29(36(27)35-31)22-18-24(32)28(26(19-22)38-2)39-20-21-13-8-7-9-14-21/h7-11,13-16,18-19,29H,3-6,12,17,20H2,1-2H3,(H,34,35,37). The van der Waals surface area contributed by atoms with E-state index in [0.717, 1.165) is 33.9 Å². The highest BCUT2D eigenvalue weighted by Crippen LogP contribution is 2.41. The Morgan fingerprint density at radius 1 is 1.02 bits per heavy atom. The van der Waals surface area contributed by atoms with Crippen molar-refractivity contribution in [2.24, 2.45) is 10.1 Å². The number of nitrogens with one attached hydrogen (secondary N) is 1. The van der Waals surface area contributed by atoms with E-state index in [1.807, 2.05) is 66.7 Å². The Hall–Kier alpha value is -3.49. The molecule has 7 nitrogen and oxygen atoms in total. The average molecular weight is 577 g/mol. The maximum Gasteiger partial charge on any atom is 0.276 e. The van der Waals surface area contributed by atoms with Crippen LogP contribution in [0.1, 0.15) is 56.3 Å². The van der Waals surface area contributed by atoms with Gasteiger partial charge in [-0.25, -0.2) is 5.01 Å². The van der Waals surface area contributed by atoms with Gasteiger partial charge in [-0.2, -0.15) is 0 Å². The number of nitrogens with zero attached hydrogens (tertiary/aromatic N) is 3. The van der Waals surface area contributed by atoms with Crippen molar-refractivity contribution < 1.29 is 14.3 Å². The van der Waals surface area contributed by atoms with Crippen molar-refractivity contribution in [3.8, 4) is 11.5 Å². The highest BCUT2D eigenvalue weighted by molar-refractivity contribution is 8.13. The van der Waals surface area contributed by atoms with Crippen LogP contribution in [-0.2, 0) is 11.4 Å². The predicted octanol–water partition coefficient (Wildman–Crippen LogP) is 5.77. The van der Waals surface area contributed by atoms with Crippen LogP contribution < -0.4 is 25.4 Å². The molecular formula is C31H33ClN4O3S. The molecule has 1 atom stereocenters. The minimum atomic E-state index is -0.606. The van der Waals surface area contributed by atoms with Crippen LogP contribution in [-0.4, -0.2) is 28.9 Å². The van der Waals surface area contributed by atoms with E-state index >= 15 is 0 Å². The lowest BCUT2D eigenvalue weighted by molar-refractivity contribution is -0.116. The second-order valence-corrected chi connectivity index (χ2v) is 11.1. The molecule has 40 heavy (non-hydrogen) atoms. The summed E-state index contributed by atoms with van der Waals surface area (Å²) in [7, 11) is 1.58. The van der Waals surface area contributed by atoms with E-state index in [0.29, 0.717) is 34.0 Å². The molecule has 1 N–H and O–H groups in total. The molecule has 0 bridgehead atoms. The maximum absolute atomic E-state index is 13.4. The van der Waals surface area contributed by atoms with E-state index < -0.39 is 6.17 Å². The number of fused-ring (bicyclic) bond motifs is 2. The molecule has 3 aromatic rings. The van der Waals surface area contributed by atoms with Gasteiger partial charge in [0.15, 0.2) is 22.8 Å². The Morgan fingerprint density at radius 2 is 1.80 bits per heavy atom. The van der Waals surface area contributed by atoms with Gasteiger partial charge in [-0.3, -0.25) is 15.1 Å². The molecule has 3 aromatic carbocycles. The highest BCUT2D eigenvalue weighted by atomic mass is 35.5. The Morgan fingerprint density at radius 3 is 2.60 bits per heavy atom. The highest BCUT2D eigenvalue weighted by Gasteiger charge is 2.35. The maximum atomic E-state index is 13.4. The number of benzene rings is 3. The van der Waals surface area contributed by atoms with Gasteiger partial charge in [0.1, 0.15) is 12.3 Å². The Bertz CT molecular complexity index is 1510. The fourth-order valence-electron chi connectivity index (χ4n) is 4.74. The van der Waals surface area contributed by atoms with Crippen molar-refractivity contribution in [1.82, 2.24) is 10.3 Å². The molecule has 0 fully saturated rings. The van der Waals surface area contributed by atoms with E-state index in [2.05, 4.69) is 12.2 Å². The number of methoxy groups -OCH3 is 1. The molecule has 2 aliphatic heterocycles. The molecule has 0 radical (unpaired) electrons. The molecule has 0 aromatic heterocycles. The lowest BCUT2D eigenvalue weighted by Gasteiger charge is -2.34. The third-order valence-electron chi connectivity index (χ3n) is 6.78. The number of unbranched alkanes of at least 4 members (excludes halogenated alkanes) is 4. The van der Waals surface area contributed by atoms with E-state index in [4.69, 9.17) is 31.2 Å². The number of amides is 1. The first-order valence-electron chi connectivity index (χ1n) is 13.6. The quantitative estimate of drug-likeness (QED) is 0.293. The third-order valence-corrected chi connectivity index (χ3v) is 8.01. The zero-order valence-corrected chi connectivity index (χ0v) is 24.3. The molecule has 2 heterocycles. The number of rotatable bonds is 11. The molecule has 0 spiro atoms. The van der Waals surface area contributed by atoms with Gasteiger partial charge in [0.2, 0.25) is 0 Å². The van der Waals surface area contributed by atoms with Crippen LogP contribution in [0.4, 0.5) is 0 Å². The van der Waals surface area contributed by atoms with E-state index in [-0.39, 0.29) is 5.91 Å². The molecule has 1 amide bonds. The van der Waals surface area contributed by atoms with Crippen molar-refractivity contribution in [1.29, 1.82) is 0 Å². The second kappa shape index (κ2) is 13.2. The number of ether oxygens (including phenoxy) is 2. The minimum absolute atomic E-state index is 0.197. The van der Waals surface area contributed by atoms with Gasteiger partial charge >= 0.3 is 0 Å². The first-order chi connectivity index (χ1) is 19.6. The summed E-state index contributed by atoms with van der Waals surface area (Å²) in [6, 6.07) is 21.1. The van der Waals surface area contributed by atoms with Gasteiger partial charge in [-0.1, -0.05) is 105 Å². The Labute approximate surface area is 243 Å². The van der Waals surface area contributed by atoms with Crippen LogP contribution in [0.2, 0.25) is 5.02 Å². The number of hydrogen-bond donors (Lipinski definition) is 1. The summed E-state index contributed by atoms with van der Waals surface area (Å²) >= 11 is 8.32. The average Bonchev–Trinajstić information content (AvgIpc) is 2.98. The van der Waals surface area contributed by atoms with Crippen LogP contribution in [0.5, 0.6) is 11.5 Å². The second-order valence-electron chi connectivity index (χ2n) is 9.64. The summed E-state index contributed by atoms with van der Waals surface area (Å²) < 4.78 is 11.8. The minimum Gasteiger partial charge on any atom is -0.493 e. The summed E-state index contributed by atoms with van der Waals surface area (Å²) in [5.41, 5.74) is 2.22. The van der Waals surface area contributed by atoms with Crippen molar-refractivity contribution in [2.45, 2.75) is 51.8 Å². The van der Waals surface area contributed by atoms with Crippen LogP contribution >= 0.6 is 23.4 Å². The summed E-state index contributed by atoms with van der Waals surface area (Å²) in [6.45, 7) is 2.56. The summed E-state index contributed by atoms with van der Waals surface area (Å²) in [5.74, 6) is 1.63. The number of halogens is 1. The van der Waals surface area contributed by atoms with E-state index in [9.17, 15) is 4.79 Å². The summed E-state index contributed by atoms with van der Waals surface area (Å²) in [6.07, 6.45) is 5.33. The third kappa shape index (κ3) is 6.29. The fourth-order valence-corrected chi connectivity index (χ4v) is 5.87.